The number of hydrogen-bond donors (Lipinski definition) is 2. The Morgan fingerprint density at radius 2 is 1.86 bits per heavy atom. The van der Waals surface area contributed by atoms with Gasteiger partial charge in [0.2, 0.25) is 0 Å². The van der Waals surface area contributed by atoms with Crippen LogP contribution in [-0.4, -0.2) is 5.75 Å². The Kier molecular flexibility index (Phi) is 3.91. The van der Waals surface area contributed by atoms with Crippen molar-refractivity contribution < 1.29 is 0 Å². The summed E-state index contributed by atoms with van der Waals surface area (Å²) in [6.45, 7) is 4.07. The van der Waals surface area contributed by atoms with E-state index in [-0.39, 0.29) is 0 Å². The van der Waals surface area contributed by atoms with Gasteiger partial charge in [0.25, 0.3) is 0 Å². The standard InChI is InChI=1S/C12H15NS/c1-9-7-11(13)8-10(2)12(9)5-3-4-6-14/h7-8,14H,4,6,13H2,1-2H3. The van der Waals surface area contributed by atoms with Gasteiger partial charge in [-0.3, -0.25) is 0 Å². The Labute approximate surface area is 91.1 Å². The predicted molar refractivity (Wildman–Crippen MR) is 65.7 cm³/mol. The molecule has 0 spiro atoms. The fourth-order valence-corrected chi connectivity index (χ4v) is 1.51. The molecule has 0 bridgehead atoms. The second kappa shape index (κ2) is 4.97. The van der Waals surface area contributed by atoms with E-state index in [0.29, 0.717) is 0 Å². The van der Waals surface area contributed by atoms with Crippen LogP contribution in [0.3, 0.4) is 0 Å². The monoisotopic (exact) mass is 205 g/mol. The molecule has 74 valence electrons. The summed E-state index contributed by atoms with van der Waals surface area (Å²) in [5, 5.41) is 0. The number of anilines is 1. The number of hydrogen-bond acceptors (Lipinski definition) is 2. The highest BCUT2D eigenvalue weighted by Gasteiger charge is 2.00. The molecule has 2 heteroatoms. The maximum absolute atomic E-state index is 5.72. The van der Waals surface area contributed by atoms with Gasteiger partial charge >= 0.3 is 0 Å². The number of nitrogen functional groups attached to an aromatic ring is 1. The van der Waals surface area contributed by atoms with Crippen molar-refractivity contribution >= 4 is 18.3 Å². The second-order valence-electron chi connectivity index (χ2n) is 3.31. The van der Waals surface area contributed by atoms with Gasteiger partial charge in [-0.05, 0) is 37.1 Å². The number of nitrogens with two attached hydrogens (primary N) is 1. The first-order chi connectivity index (χ1) is 6.65. The molecule has 0 aliphatic rings. The first-order valence-corrected chi connectivity index (χ1v) is 5.25. The molecule has 0 saturated heterocycles. The Morgan fingerprint density at radius 1 is 1.29 bits per heavy atom. The van der Waals surface area contributed by atoms with Crippen molar-refractivity contribution in [2.24, 2.45) is 0 Å². The number of benzene rings is 1. The van der Waals surface area contributed by atoms with Crippen LogP contribution in [0.5, 0.6) is 0 Å². The summed E-state index contributed by atoms with van der Waals surface area (Å²) in [7, 11) is 0. The fourth-order valence-electron chi connectivity index (χ4n) is 1.40. The van der Waals surface area contributed by atoms with E-state index in [2.05, 4.69) is 24.5 Å². The SMILES string of the molecule is Cc1cc(N)cc(C)c1C#CCCS. The molecule has 1 nitrogen and oxygen atoms in total. The van der Waals surface area contributed by atoms with E-state index in [1.807, 2.05) is 26.0 Å². The summed E-state index contributed by atoms with van der Waals surface area (Å²) >= 11 is 4.11. The van der Waals surface area contributed by atoms with Crippen LogP contribution in [0.2, 0.25) is 0 Å². The van der Waals surface area contributed by atoms with Gasteiger partial charge in [0.05, 0.1) is 0 Å². The van der Waals surface area contributed by atoms with Gasteiger partial charge in [-0.2, -0.15) is 12.6 Å². The fraction of sp³-hybridized carbons (Fsp3) is 0.333. The van der Waals surface area contributed by atoms with Crippen molar-refractivity contribution in [2.75, 3.05) is 11.5 Å². The van der Waals surface area contributed by atoms with Gasteiger partial charge in [-0.25, -0.2) is 0 Å². The van der Waals surface area contributed by atoms with Gasteiger partial charge in [0, 0.05) is 23.4 Å². The summed E-state index contributed by atoms with van der Waals surface area (Å²) in [6, 6.07) is 3.91. The maximum atomic E-state index is 5.72. The molecule has 2 N–H and O–H groups in total. The van der Waals surface area contributed by atoms with Crippen LogP contribution in [0.4, 0.5) is 5.69 Å². The number of aryl methyl sites for hydroxylation is 2. The quantitative estimate of drug-likeness (QED) is 0.411. The van der Waals surface area contributed by atoms with Gasteiger partial charge in [0.15, 0.2) is 0 Å². The van der Waals surface area contributed by atoms with Crippen LogP contribution in [0.1, 0.15) is 23.1 Å². The zero-order valence-electron chi connectivity index (χ0n) is 8.59. The van der Waals surface area contributed by atoms with Crippen LogP contribution in [0, 0.1) is 25.7 Å². The van der Waals surface area contributed by atoms with E-state index in [1.165, 1.54) is 0 Å². The van der Waals surface area contributed by atoms with E-state index in [0.717, 1.165) is 34.6 Å². The lowest BCUT2D eigenvalue weighted by Crippen LogP contribution is -1.92. The Balaban J connectivity index is 3.04. The van der Waals surface area contributed by atoms with Crippen LogP contribution >= 0.6 is 12.6 Å². The van der Waals surface area contributed by atoms with Gasteiger partial charge < -0.3 is 5.73 Å². The maximum Gasteiger partial charge on any atom is 0.0320 e. The van der Waals surface area contributed by atoms with E-state index in [4.69, 9.17) is 5.73 Å². The summed E-state index contributed by atoms with van der Waals surface area (Å²) < 4.78 is 0. The first-order valence-electron chi connectivity index (χ1n) is 4.61. The number of thiol groups is 1. The highest BCUT2D eigenvalue weighted by molar-refractivity contribution is 7.80. The normalized spacial score (nSPS) is 9.36. The molecular formula is C12H15NS. The molecule has 0 unspecified atom stereocenters. The minimum atomic E-state index is 0.805. The summed E-state index contributed by atoms with van der Waals surface area (Å²) in [4.78, 5) is 0. The third-order valence-corrected chi connectivity index (χ3v) is 2.23. The minimum absolute atomic E-state index is 0.805. The Bertz CT molecular complexity index is 362. The van der Waals surface area contributed by atoms with Crippen molar-refractivity contribution in [2.45, 2.75) is 20.3 Å². The molecule has 0 saturated carbocycles. The Hall–Kier alpha value is -1.07. The zero-order valence-corrected chi connectivity index (χ0v) is 9.49. The van der Waals surface area contributed by atoms with Crippen molar-refractivity contribution in [1.82, 2.24) is 0 Å². The lowest BCUT2D eigenvalue weighted by Gasteiger charge is -2.04. The molecule has 0 heterocycles. The smallest absolute Gasteiger partial charge is 0.0320 e. The van der Waals surface area contributed by atoms with Crippen LogP contribution in [0.15, 0.2) is 12.1 Å². The number of rotatable bonds is 1. The molecule has 0 aliphatic heterocycles. The molecule has 1 aromatic rings. The van der Waals surface area contributed by atoms with Gasteiger partial charge in [-0.15, -0.1) is 0 Å². The van der Waals surface area contributed by atoms with Gasteiger partial charge in [0.1, 0.15) is 0 Å². The van der Waals surface area contributed by atoms with E-state index >= 15 is 0 Å². The molecular weight excluding hydrogens is 190 g/mol. The summed E-state index contributed by atoms with van der Waals surface area (Å²) in [5.41, 5.74) is 9.92. The van der Waals surface area contributed by atoms with E-state index in [1.54, 1.807) is 0 Å². The van der Waals surface area contributed by atoms with E-state index in [9.17, 15) is 0 Å². The van der Waals surface area contributed by atoms with Crippen molar-refractivity contribution in [3.63, 3.8) is 0 Å². The topological polar surface area (TPSA) is 26.0 Å². The minimum Gasteiger partial charge on any atom is -0.399 e. The lowest BCUT2D eigenvalue weighted by atomic mass is 10.0. The molecule has 14 heavy (non-hydrogen) atoms. The highest BCUT2D eigenvalue weighted by atomic mass is 32.1. The molecule has 0 aliphatic carbocycles. The van der Waals surface area contributed by atoms with Crippen LogP contribution < -0.4 is 5.73 Å². The van der Waals surface area contributed by atoms with Crippen LogP contribution in [0.25, 0.3) is 0 Å². The molecule has 0 atom stereocenters. The van der Waals surface area contributed by atoms with Crippen molar-refractivity contribution in [3.05, 3.63) is 28.8 Å². The highest BCUT2D eigenvalue weighted by Crippen LogP contribution is 2.16. The largest absolute Gasteiger partial charge is 0.399 e. The molecule has 1 rings (SSSR count). The van der Waals surface area contributed by atoms with Crippen LogP contribution in [-0.2, 0) is 0 Å². The molecule has 1 aromatic carbocycles. The predicted octanol–water partition coefficient (Wildman–Crippen LogP) is 2.56. The Morgan fingerprint density at radius 3 is 2.36 bits per heavy atom. The van der Waals surface area contributed by atoms with E-state index < -0.39 is 0 Å². The molecule has 0 radical (unpaired) electrons. The average molecular weight is 205 g/mol. The van der Waals surface area contributed by atoms with Gasteiger partial charge in [-0.1, -0.05) is 11.8 Å². The third kappa shape index (κ3) is 2.71. The first kappa shape index (κ1) is 11.0. The van der Waals surface area contributed by atoms with Crippen molar-refractivity contribution in [3.8, 4) is 11.8 Å². The second-order valence-corrected chi connectivity index (χ2v) is 3.75. The summed E-state index contributed by atoms with van der Waals surface area (Å²) in [5.74, 6) is 7.05. The lowest BCUT2D eigenvalue weighted by molar-refractivity contribution is 1.30. The summed E-state index contributed by atoms with van der Waals surface area (Å²) in [6.07, 6.45) is 0.826. The third-order valence-electron chi connectivity index (χ3n) is 2.01. The molecule has 0 amide bonds. The molecule has 0 fully saturated rings. The zero-order chi connectivity index (χ0) is 10.6. The van der Waals surface area contributed by atoms with Crippen molar-refractivity contribution in [1.29, 1.82) is 0 Å². The average Bonchev–Trinajstić information content (AvgIpc) is 2.09. The molecule has 0 aromatic heterocycles.